The van der Waals surface area contributed by atoms with Crippen molar-refractivity contribution in [2.24, 2.45) is 0 Å². The fourth-order valence-corrected chi connectivity index (χ4v) is 8.30. The summed E-state index contributed by atoms with van der Waals surface area (Å²) in [6.45, 7) is 2.31. The van der Waals surface area contributed by atoms with Gasteiger partial charge in [0, 0.05) is 5.97 Å². The van der Waals surface area contributed by atoms with E-state index in [1.54, 1.807) is 0 Å². The Morgan fingerprint density at radius 1 is 0.245 bits per heavy atom. The standard InChI is InChI=1S/C50H100O2.K/c1-2-3-4-5-6-7-8-9-10-11-12-13-14-15-16-17-18-19-20-21-22-23-24-25-26-27-28-29-30-31-32-33-34-35-36-37-38-39-40-41-42-43-44-45-46-47-48-49-50(51)52;/h2-49H2,1H3,(H,51,52);/q;+1/p-1. The number of carboxylic acids is 1. The van der Waals surface area contributed by atoms with Gasteiger partial charge in [-0.25, -0.2) is 0 Å². The number of carboxylic acid groups (broad SMARTS) is 1. The van der Waals surface area contributed by atoms with Gasteiger partial charge in [0.15, 0.2) is 0 Å². The predicted octanol–water partition coefficient (Wildman–Crippen LogP) is 14.5. The van der Waals surface area contributed by atoms with Crippen LogP contribution in [0.4, 0.5) is 0 Å². The summed E-state index contributed by atoms with van der Waals surface area (Å²) in [5, 5.41) is 10.4. The van der Waals surface area contributed by atoms with Crippen molar-refractivity contribution in [3.63, 3.8) is 0 Å². The summed E-state index contributed by atoms with van der Waals surface area (Å²) in [4.78, 5) is 10.4. The molecule has 0 saturated carbocycles. The molecule has 0 saturated heterocycles. The molecule has 0 aliphatic heterocycles. The van der Waals surface area contributed by atoms with E-state index in [0.717, 1.165) is 12.8 Å². The first-order valence-corrected chi connectivity index (χ1v) is 25.0. The molecule has 0 aromatic heterocycles. The van der Waals surface area contributed by atoms with Gasteiger partial charge in [0.25, 0.3) is 0 Å². The van der Waals surface area contributed by atoms with Gasteiger partial charge in [-0.3, -0.25) is 0 Å². The Balaban J connectivity index is 0. The largest absolute Gasteiger partial charge is 1.00 e. The van der Waals surface area contributed by atoms with E-state index in [0.29, 0.717) is 0 Å². The van der Waals surface area contributed by atoms with Crippen LogP contribution < -0.4 is 56.5 Å². The second-order valence-electron chi connectivity index (χ2n) is 17.4. The number of carbonyl (C=O) groups is 1. The summed E-state index contributed by atoms with van der Waals surface area (Å²) in [6.07, 6.45) is 67.5. The molecular weight excluding hydrogens is 672 g/mol. The number of hydrogen-bond acceptors (Lipinski definition) is 2. The number of aliphatic carboxylic acids is 1. The van der Waals surface area contributed by atoms with Crippen LogP contribution in [-0.2, 0) is 4.79 Å². The average Bonchev–Trinajstić information content (AvgIpc) is 3.14. The summed E-state index contributed by atoms with van der Waals surface area (Å²) in [7, 11) is 0. The van der Waals surface area contributed by atoms with Crippen molar-refractivity contribution in [1.29, 1.82) is 0 Å². The molecule has 0 aromatic carbocycles. The maximum absolute atomic E-state index is 10.4. The van der Waals surface area contributed by atoms with Gasteiger partial charge in [0.2, 0.25) is 0 Å². The minimum atomic E-state index is -0.896. The summed E-state index contributed by atoms with van der Waals surface area (Å²) in [5.74, 6) is -0.896. The van der Waals surface area contributed by atoms with Crippen LogP contribution in [0.25, 0.3) is 0 Å². The Bertz CT molecular complexity index is 637. The molecule has 0 radical (unpaired) electrons. The minimum Gasteiger partial charge on any atom is -0.550 e. The Kier molecular flexibility index (Phi) is 56.3. The minimum absolute atomic E-state index is 0. The van der Waals surface area contributed by atoms with E-state index in [1.165, 1.54) is 289 Å². The SMILES string of the molecule is CCCCCCCCCCCCCCCCCCCCCCCCCCCCCCCCCCCCCCCCCCCCCCCCCC(=O)[O-].[K+]. The van der Waals surface area contributed by atoms with Crippen LogP contribution in [0, 0.1) is 0 Å². The molecule has 0 heterocycles. The summed E-state index contributed by atoms with van der Waals surface area (Å²) < 4.78 is 0. The normalized spacial score (nSPS) is 11.3. The Morgan fingerprint density at radius 2 is 0.358 bits per heavy atom. The number of carbonyl (C=O) groups excluding carboxylic acids is 1. The third kappa shape index (κ3) is 55.2. The number of hydrogen-bond donors (Lipinski definition) is 0. The van der Waals surface area contributed by atoms with Gasteiger partial charge in [-0.05, 0) is 12.8 Å². The summed E-state index contributed by atoms with van der Waals surface area (Å²) >= 11 is 0. The molecule has 53 heavy (non-hydrogen) atoms. The third-order valence-electron chi connectivity index (χ3n) is 12.0. The molecular formula is C50H99KO2. The van der Waals surface area contributed by atoms with Crippen LogP contribution in [0.5, 0.6) is 0 Å². The first-order chi connectivity index (χ1) is 25.8. The smallest absolute Gasteiger partial charge is 0.550 e. The Hall–Kier alpha value is 1.11. The zero-order valence-electron chi connectivity index (χ0n) is 37.3. The zero-order chi connectivity index (χ0) is 37.5. The van der Waals surface area contributed by atoms with Crippen LogP contribution in [0.1, 0.15) is 315 Å². The fourth-order valence-electron chi connectivity index (χ4n) is 8.30. The zero-order valence-corrected chi connectivity index (χ0v) is 40.4. The first-order valence-electron chi connectivity index (χ1n) is 25.0. The molecule has 0 bridgehead atoms. The molecule has 3 heteroatoms. The number of unbranched alkanes of at least 4 members (excludes halogenated alkanes) is 46. The van der Waals surface area contributed by atoms with Gasteiger partial charge >= 0.3 is 51.4 Å². The quantitative estimate of drug-likeness (QED) is 0.0457. The second kappa shape index (κ2) is 53.1. The van der Waals surface area contributed by atoms with Gasteiger partial charge in [0.05, 0.1) is 0 Å². The molecule has 0 aliphatic rings. The van der Waals surface area contributed by atoms with Crippen molar-refractivity contribution in [3.05, 3.63) is 0 Å². The molecule has 0 rings (SSSR count). The second-order valence-corrected chi connectivity index (χ2v) is 17.4. The molecule has 0 aromatic rings. The molecule has 0 unspecified atom stereocenters. The van der Waals surface area contributed by atoms with Crippen LogP contribution in [0.2, 0.25) is 0 Å². The Morgan fingerprint density at radius 3 is 0.472 bits per heavy atom. The average molecular weight is 771 g/mol. The monoisotopic (exact) mass is 771 g/mol. The molecule has 2 nitrogen and oxygen atoms in total. The molecule has 0 amide bonds. The predicted molar refractivity (Wildman–Crippen MR) is 232 cm³/mol. The van der Waals surface area contributed by atoms with Gasteiger partial charge in [-0.2, -0.15) is 0 Å². The van der Waals surface area contributed by atoms with E-state index in [-0.39, 0.29) is 57.8 Å². The Labute approximate surface area is 378 Å². The molecule has 0 N–H and O–H groups in total. The van der Waals surface area contributed by atoms with Gasteiger partial charge in [-0.15, -0.1) is 0 Å². The number of rotatable bonds is 48. The summed E-state index contributed by atoms with van der Waals surface area (Å²) in [6, 6.07) is 0. The van der Waals surface area contributed by atoms with Crippen LogP contribution in [0.3, 0.4) is 0 Å². The van der Waals surface area contributed by atoms with E-state index in [1.807, 2.05) is 0 Å². The van der Waals surface area contributed by atoms with Gasteiger partial charge in [-0.1, -0.05) is 302 Å². The van der Waals surface area contributed by atoms with Crippen molar-refractivity contribution < 1.29 is 61.3 Å². The van der Waals surface area contributed by atoms with Gasteiger partial charge in [0.1, 0.15) is 0 Å². The maximum atomic E-state index is 10.4. The van der Waals surface area contributed by atoms with Crippen molar-refractivity contribution in [2.45, 2.75) is 315 Å². The van der Waals surface area contributed by atoms with Crippen molar-refractivity contribution in [2.75, 3.05) is 0 Å². The first kappa shape index (κ1) is 56.2. The molecule has 0 spiro atoms. The van der Waals surface area contributed by atoms with Crippen LogP contribution in [0.15, 0.2) is 0 Å². The third-order valence-corrected chi connectivity index (χ3v) is 12.0. The van der Waals surface area contributed by atoms with Crippen LogP contribution >= 0.6 is 0 Å². The van der Waals surface area contributed by atoms with E-state index < -0.39 is 5.97 Å². The topological polar surface area (TPSA) is 40.1 Å². The summed E-state index contributed by atoms with van der Waals surface area (Å²) in [5.41, 5.74) is 0. The van der Waals surface area contributed by atoms with E-state index >= 15 is 0 Å². The molecule has 312 valence electrons. The van der Waals surface area contributed by atoms with Crippen LogP contribution in [-0.4, -0.2) is 5.97 Å². The molecule has 0 aliphatic carbocycles. The van der Waals surface area contributed by atoms with E-state index in [9.17, 15) is 9.90 Å². The van der Waals surface area contributed by atoms with Crippen molar-refractivity contribution in [1.82, 2.24) is 0 Å². The molecule has 0 atom stereocenters. The van der Waals surface area contributed by atoms with Gasteiger partial charge < -0.3 is 9.90 Å². The van der Waals surface area contributed by atoms with Crippen molar-refractivity contribution in [3.8, 4) is 0 Å². The maximum Gasteiger partial charge on any atom is 1.00 e. The van der Waals surface area contributed by atoms with E-state index in [4.69, 9.17) is 0 Å². The van der Waals surface area contributed by atoms with E-state index in [2.05, 4.69) is 6.92 Å². The molecule has 0 fully saturated rings. The fraction of sp³-hybridized carbons (Fsp3) is 0.980. The van der Waals surface area contributed by atoms with Crippen molar-refractivity contribution >= 4 is 5.97 Å².